The van der Waals surface area contributed by atoms with E-state index in [4.69, 9.17) is 5.73 Å². The first-order chi connectivity index (χ1) is 9.81. The topological polar surface area (TPSA) is 54.7 Å². The van der Waals surface area contributed by atoms with Crippen LogP contribution in [0.5, 0.6) is 0 Å². The molecule has 3 aromatic rings. The molecule has 1 aromatic heterocycles. The Morgan fingerprint density at radius 3 is 2.10 bits per heavy atom. The van der Waals surface area contributed by atoms with Gasteiger partial charge in [0.05, 0.1) is 0 Å². The molecule has 0 atom stereocenters. The van der Waals surface area contributed by atoms with Crippen molar-refractivity contribution in [2.45, 2.75) is 0 Å². The Balaban J connectivity index is 2.22. The molecule has 0 fully saturated rings. The van der Waals surface area contributed by atoms with E-state index in [2.05, 4.69) is 6.07 Å². The van der Waals surface area contributed by atoms with E-state index in [9.17, 15) is 5.26 Å². The largest absolute Gasteiger partial charge is 0.384 e. The summed E-state index contributed by atoms with van der Waals surface area (Å²) in [7, 11) is 0. The van der Waals surface area contributed by atoms with Gasteiger partial charge >= 0.3 is 0 Å². The van der Waals surface area contributed by atoms with E-state index in [1.54, 1.807) is 0 Å². The van der Waals surface area contributed by atoms with Crippen LogP contribution in [0.1, 0.15) is 5.56 Å². The summed E-state index contributed by atoms with van der Waals surface area (Å²) in [6.07, 6.45) is 1.92. The molecule has 0 saturated carbocycles. The van der Waals surface area contributed by atoms with Crippen molar-refractivity contribution in [3.63, 3.8) is 0 Å². The Bertz CT molecular complexity index is 765. The minimum atomic E-state index is 0.470. The average Bonchev–Trinajstić information content (AvgIpc) is 2.86. The van der Waals surface area contributed by atoms with Crippen LogP contribution in [0.4, 0.5) is 5.82 Å². The summed E-state index contributed by atoms with van der Waals surface area (Å²) in [5.74, 6) is 0.470. The van der Waals surface area contributed by atoms with Gasteiger partial charge in [-0.25, -0.2) is 0 Å². The summed E-state index contributed by atoms with van der Waals surface area (Å²) in [5.41, 5.74) is 9.43. The van der Waals surface area contributed by atoms with E-state index in [-0.39, 0.29) is 0 Å². The summed E-state index contributed by atoms with van der Waals surface area (Å²) in [5, 5.41) is 9.38. The molecule has 0 saturated heterocycles. The van der Waals surface area contributed by atoms with E-state index in [0.717, 1.165) is 16.8 Å². The van der Waals surface area contributed by atoms with E-state index < -0.39 is 0 Å². The maximum atomic E-state index is 9.38. The molecule has 0 unspecified atom stereocenters. The number of nitriles is 1. The van der Waals surface area contributed by atoms with Gasteiger partial charge in [-0.3, -0.25) is 0 Å². The lowest BCUT2D eigenvalue weighted by molar-refractivity contribution is 1.09. The van der Waals surface area contributed by atoms with Gasteiger partial charge in [-0.05, 0) is 17.7 Å². The first-order valence-electron chi connectivity index (χ1n) is 6.33. The number of rotatable bonds is 2. The van der Waals surface area contributed by atoms with Crippen molar-refractivity contribution >= 4 is 5.82 Å². The van der Waals surface area contributed by atoms with Crippen LogP contribution in [-0.4, -0.2) is 4.57 Å². The van der Waals surface area contributed by atoms with Gasteiger partial charge in [-0.2, -0.15) is 5.26 Å². The van der Waals surface area contributed by atoms with E-state index in [1.807, 2.05) is 71.4 Å². The zero-order chi connectivity index (χ0) is 13.9. The fourth-order valence-electron chi connectivity index (χ4n) is 2.28. The fraction of sp³-hybridized carbons (Fsp3) is 0. The second-order valence-corrected chi connectivity index (χ2v) is 4.49. The van der Waals surface area contributed by atoms with Gasteiger partial charge in [0.1, 0.15) is 17.5 Å². The Morgan fingerprint density at radius 1 is 0.900 bits per heavy atom. The highest BCUT2D eigenvalue weighted by atomic mass is 15.0. The maximum absolute atomic E-state index is 9.38. The third-order valence-electron chi connectivity index (χ3n) is 3.27. The molecule has 2 N–H and O–H groups in total. The van der Waals surface area contributed by atoms with Gasteiger partial charge in [-0.15, -0.1) is 0 Å². The lowest BCUT2D eigenvalue weighted by Crippen LogP contribution is -1.99. The average molecular weight is 259 g/mol. The van der Waals surface area contributed by atoms with Crippen LogP contribution < -0.4 is 5.73 Å². The molecule has 2 aromatic carbocycles. The lowest BCUT2D eigenvalue weighted by Gasteiger charge is -2.04. The van der Waals surface area contributed by atoms with Crippen molar-refractivity contribution in [1.29, 1.82) is 5.26 Å². The number of nitrogens with two attached hydrogens (primary N) is 1. The highest BCUT2D eigenvalue weighted by molar-refractivity contribution is 5.77. The second kappa shape index (κ2) is 4.94. The normalized spacial score (nSPS) is 10.2. The SMILES string of the molecule is N#Cc1c(-c2ccccc2)cn(-c2ccccc2)c1N. The molecule has 3 heteroatoms. The predicted octanol–water partition coefficient (Wildman–Crippen LogP) is 3.60. The van der Waals surface area contributed by atoms with Crippen LogP contribution in [0, 0.1) is 11.3 Å². The van der Waals surface area contributed by atoms with Crippen molar-refractivity contribution in [3.8, 4) is 22.9 Å². The summed E-state index contributed by atoms with van der Waals surface area (Å²) < 4.78 is 1.85. The van der Waals surface area contributed by atoms with Gasteiger partial charge in [0.25, 0.3) is 0 Å². The molecule has 0 aliphatic carbocycles. The Morgan fingerprint density at radius 2 is 1.50 bits per heavy atom. The number of hydrogen-bond donors (Lipinski definition) is 1. The van der Waals surface area contributed by atoms with Crippen molar-refractivity contribution in [3.05, 3.63) is 72.4 Å². The fourth-order valence-corrected chi connectivity index (χ4v) is 2.28. The maximum Gasteiger partial charge on any atom is 0.126 e. The molecule has 0 aliphatic rings. The molecular weight excluding hydrogens is 246 g/mol. The van der Waals surface area contributed by atoms with E-state index >= 15 is 0 Å². The molecule has 0 spiro atoms. The smallest absolute Gasteiger partial charge is 0.126 e. The molecule has 0 aliphatic heterocycles. The highest BCUT2D eigenvalue weighted by Gasteiger charge is 2.15. The summed E-state index contributed by atoms with van der Waals surface area (Å²) in [4.78, 5) is 0. The number of anilines is 1. The van der Waals surface area contributed by atoms with Gasteiger partial charge in [-0.1, -0.05) is 48.5 Å². The highest BCUT2D eigenvalue weighted by Crippen LogP contribution is 2.31. The third-order valence-corrected chi connectivity index (χ3v) is 3.27. The van der Waals surface area contributed by atoms with Gasteiger partial charge in [0.15, 0.2) is 0 Å². The summed E-state index contributed by atoms with van der Waals surface area (Å²) in [6.45, 7) is 0. The molecule has 20 heavy (non-hydrogen) atoms. The summed E-state index contributed by atoms with van der Waals surface area (Å²) in [6, 6.07) is 21.8. The Hall–Kier alpha value is -2.99. The molecule has 0 bridgehead atoms. The third kappa shape index (κ3) is 1.94. The molecule has 0 amide bonds. The zero-order valence-corrected chi connectivity index (χ0v) is 10.8. The molecule has 1 heterocycles. The molecule has 3 nitrogen and oxygen atoms in total. The first-order valence-corrected chi connectivity index (χ1v) is 6.33. The van der Waals surface area contributed by atoms with E-state index in [1.165, 1.54) is 0 Å². The van der Waals surface area contributed by atoms with Crippen molar-refractivity contribution < 1.29 is 0 Å². The van der Waals surface area contributed by atoms with Crippen LogP contribution in [0.15, 0.2) is 66.9 Å². The first kappa shape index (κ1) is 12.1. The Kier molecular flexibility index (Phi) is 2.98. The molecular formula is C17H13N3. The monoisotopic (exact) mass is 259 g/mol. The minimum absolute atomic E-state index is 0.470. The van der Waals surface area contributed by atoms with Crippen molar-refractivity contribution in [1.82, 2.24) is 4.57 Å². The number of para-hydroxylation sites is 1. The number of nitrogen functional groups attached to an aromatic ring is 1. The van der Waals surface area contributed by atoms with Crippen LogP contribution in [0.2, 0.25) is 0 Å². The molecule has 3 rings (SSSR count). The lowest BCUT2D eigenvalue weighted by atomic mass is 10.1. The Labute approximate surface area is 117 Å². The zero-order valence-electron chi connectivity index (χ0n) is 10.8. The minimum Gasteiger partial charge on any atom is -0.384 e. The van der Waals surface area contributed by atoms with Gasteiger partial charge in [0, 0.05) is 17.4 Å². The van der Waals surface area contributed by atoms with Crippen LogP contribution in [0.3, 0.4) is 0 Å². The standard InChI is InChI=1S/C17H13N3/c18-11-15-16(13-7-3-1-4-8-13)12-20(17(15)19)14-9-5-2-6-10-14/h1-10,12H,19H2. The quantitative estimate of drug-likeness (QED) is 0.764. The number of aromatic nitrogens is 1. The van der Waals surface area contributed by atoms with Crippen LogP contribution in [-0.2, 0) is 0 Å². The van der Waals surface area contributed by atoms with Crippen LogP contribution >= 0.6 is 0 Å². The molecule has 0 radical (unpaired) electrons. The van der Waals surface area contributed by atoms with Crippen molar-refractivity contribution in [2.75, 3.05) is 5.73 Å². The van der Waals surface area contributed by atoms with Crippen LogP contribution in [0.25, 0.3) is 16.8 Å². The van der Waals surface area contributed by atoms with Crippen molar-refractivity contribution in [2.24, 2.45) is 0 Å². The van der Waals surface area contributed by atoms with Gasteiger partial charge in [0.2, 0.25) is 0 Å². The predicted molar refractivity (Wildman–Crippen MR) is 80.3 cm³/mol. The number of nitrogens with zero attached hydrogens (tertiary/aromatic N) is 2. The molecule has 96 valence electrons. The summed E-state index contributed by atoms with van der Waals surface area (Å²) >= 11 is 0. The number of hydrogen-bond acceptors (Lipinski definition) is 2. The van der Waals surface area contributed by atoms with Gasteiger partial charge < -0.3 is 10.3 Å². The second-order valence-electron chi connectivity index (χ2n) is 4.49. The van der Waals surface area contributed by atoms with E-state index in [0.29, 0.717) is 11.4 Å². The number of benzene rings is 2.